The highest BCUT2D eigenvalue weighted by Gasteiger charge is 2.20. The van der Waals surface area contributed by atoms with Gasteiger partial charge in [-0.25, -0.2) is 0 Å². The summed E-state index contributed by atoms with van der Waals surface area (Å²) in [4.78, 5) is 0. The third-order valence-electron chi connectivity index (χ3n) is 4.11. The van der Waals surface area contributed by atoms with Gasteiger partial charge in [0.05, 0.1) is 12.7 Å². The van der Waals surface area contributed by atoms with Gasteiger partial charge < -0.3 is 9.84 Å². The van der Waals surface area contributed by atoms with E-state index in [1.807, 2.05) is 12.1 Å². The third-order valence-corrected chi connectivity index (χ3v) is 4.11. The van der Waals surface area contributed by atoms with Gasteiger partial charge in [-0.15, -0.1) is 0 Å². The van der Waals surface area contributed by atoms with Crippen LogP contribution in [-0.2, 0) is 6.42 Å². The lowest BCUT2D eigenvalue weighted by Gasteiger charge is -2.26. The van der Waals surface area contributed by atoms with Crippen molar-refractivity contribution < 1.29 is 9.84 Å². The molecule has 0 aliphatic heterocycles. The maximum atomic E-state index is 9.88. The lowest BCUT2D eigenvalue weighted by Crippen LogP contribution is -2.19. The van der Waals surface area contributed by atoms with E-state index in [0.717, 1.165) is 43.1 Å². The molecule has 0 heterocycles. The number of hydrogen-bond donors (Lipinski definition) is 1. The van der Waals surface area contributed by atoms with Gasteiger partial charge in [-0.1, -0.05) is 12.5 Å². The van der Waals surface area contributed by atoms with Gasteiger partial charge in [0.1, 0.15) is 5.75 Å². The van der Waals surface area contributed by atoms with Gasteiger partial charge in [-0.2, -0.15) is 0 Å². The predicted molar refractivity (Wildman–Crippen MR) is 67.2 cm³/mol. The summed E-state index contributed by atoms with van der Waals surface area (Å²) in [5.41, 5.74) is 2.38. The summed E-state index contributed by atoms with van der Waals surface area (Å²) in [6.45, 7) is 0.862. The summed E-state index contributed by atoms with van der Waals surface area (Å²) >= 11 is 0. The van der Waals surface area contributed by atoms with Gasteiger partial charge in [0.25, 0.3) is 0 Å². The summed E-state index contributed by atoms with van der Waals surface area (Å²) < 4.78 is 5.83. The molecule has 2 nitrogen and oxygen atoms in total. The molecule has 0 spiro atoms. The Morgan fingerprint density at radius 2 is 2.06 bits per heavy atom. The lowest BCUT2D eigenvalue weighted by molar-refractivity contribution is 0.155. The molecule has 2 aliphatic carbocycles. The topological polar surface area (TPSA) is 29.5 Å². The second kappa shape index (κ2) is 4.69. The van der Waals surface area contributed by atoms with Crippen LogP contribution < -0.4 is 4.74 Å². The molecule has 0 radical (unpaired) electrons. The van der Waals surface area contributed by atoms with Crippen LogP contribution in [0.3, 0.4) is 0 Å². The summed E-state index contributed by atoms with van der Waals surface area (Å²) in [6.07, 6.45) is 6.81. The van der Waals surface area contributed by atoms with E-state index in [1.54, 1.807) is 0 Å². The highest BCUT2D eigenvalue weighted by molar-refractivity contribution is 5.38. The van der Waals surface area contributed by atoms with E-state index in [4.69, 9.17) is 4.74 Å². The zero-order valence-electron chi connectivity index (χ0n) is 10.2. The lowest BCUT2D eigenvalue weighted by atomic mass is 9.86. The number of aliphatic hydroxyl groups excluding tert-OH is 1. The Balaban J connectivity index is 1.69. The average Bonchev–Trinajstić information content (AvgIpc) is 2.27. The van der Waals surface area contributed by atoms with Crippen LogP contribution in [-0.4, -0.2) is 11.7 Å². The molecule has 1 aromatic rings. The molecular formula is C15H20O2. The van der Waals surface area contributed by atoms with Crippen LogP contribution in [0, 0.1) is 5.92 Å². The number of hydrogen-bond acceptors (Lipinski definition) is 2. The molecule has 1 unspecified atom stereocenters. The number of fused-ring (bicyclic) bond motifs is 1. The maximum Gasteiger partial charge on any atom is 0.119 e. The molecule has 2 heteroatoms. The van der Waals surface area contributed by atoms with Crippen LogP contribution in [0.4, 0.5) is 0 Å². The quantitative estimate of drug-likeness (QED) is 0.867. The highest BCUT2D eigenvalue weighted by atomic mass is 16.5. The smallest absolute Gasteiger partial charge is 0.119 e. The molecule has 1 fully saturated rings. The van der Waals surface area contributed by atoms with Crippen LogP contribution >= 0.6 is 0 Å². The van der Waals surface area contributed by atoms with Crippen molar-refractivity contribution in [2.24, 2.45) is 5.92 Å². The Kier molecular flexibility index (Phi) is 3.06. The van der Waals surface area contributed by atoms with Crippen molar-refractivity contribution in [1.82, 2.24) is 0 Å². The SMILES string of the molecule is OC1CCCc2cc(OCC3CCC3)ccc21. The Hall–Kier alpha value is -1.02. The molecular weight excluding hydrogens is 212 g/mol. The van der Waals surface area contributed by atoms with Crippen LogP contribution in [0.2, 0.25) is 0 Å². The van der Waals surface area contributed by atoms with Crippen molar-refractivity contribution in [3.8, 4) is 5.75 Å². The number of aryl methyl sites for hydroxylation is 1. The van der Waals surface area contributed by atoms with E-state index in [1.165, 1.54) is 24.8 Å². The summed E-state index contributed by atoms with van der Waals surface area (Å²) in [5, 5.41) is 9.88. The molecule has 0 bridgehead atoms. The van der Waals surface area contributed by atoms with Crippen molar-refractivity contribution in [3.05, 3.63) is 29.3 Å². The predicted octanol–water partition coefficient (Wildman–Crippen LogP) is 3.24. The van der Waals surface area contributed by atoms with Crippen molar-refractivity contribution in [2.45, 2.75) is 44.6 Å². The van der Waals surface area contributed by atoms with Gasteiger partial charge in [0, 0.05) is 0 Å². The van der Waals surface area contributed by atoms with Gasteiger partial charge in [0.2, 0.25) is 0 Å². The van der Waals surface area contributed by atoms with Gasteiger partial charge >= 0.3 is 0 Å². The highest BCUT2D eigenvalue weighted by Crippen LogP contribution is 2.33. The van der Waals surface area contributed by atoms with Gasteiger partial charge in [-0.3, -0.25) is 0 Å². The standard InChI is InChI=1S/C15H20O2/c16-15-6-2-5-12-9-13(7-8-14(12)15)17-10-11-3-1-4-11/h7-9,11,15-16H,1-6,10H2. The molecule has 1 N–H and O–H groups in total. The first-order valence-corrected chi connectivity index (χ1v) is 6.76. The number of rotatable bonds is 3. The minimum Gasteiger partial charge on any atom is -0.493 e. The molecule has 0 saturated heterocycles. The summed E-state index contributed by atoms with van der Waals surface area (Å²) in [6, 6.07) is 6.16. The molecule has 2 aliphatic rings. The molecule has 1 aromatic carbocycles. The van der Waals surface area contributed by atoms with Crippen LogP contribution in [0.5, 0.6) is 5.75 Å². The van der Waals surface area contributed by atoms with Crippen molar-refractivity contribution in [1.29, 1.82) is 0 Å². The second-order valence-electron chi connectivity index (χ2n) is 5.38. The van der Waals surface area contributed by atoms with Gasteiger partial charge in [0.15, 0.2) is 0 Å². The minimum atomic E-state index is -0.264. The van der Waals surface area contributed by atoms with E-state index in [9.17, 15) is 5.11 Å². The van der Waals surface area contributed by atoms with Crippen LogP contribution in [0.25, 0.3) is 0 Å². The van der Waals surface area contributed by atoms with Crippen LogP contribution in [0.15, 0.2) is 18.2 Å². The van der Waals surface area contributed by atoms with E-state index in [2.05, 4.69) is 6.07 Å². The Morgan fingerprint density at radius 3 is 2.82 bits per heavy atom. The molecule has 92 valence electrons. The van der Waals surface area contributed by atoms with Crippen molar-refractivity contribution in [2.75, 3.05) is 6.61 Å². The Labute approximate surface area is 103 Å². The van der Waals surface area contributed by atoms with Crippen molar-refractivity contribution in [3.63, 3.8) is 0 Å². The zero-order chi connectivity index (χ0) is 11.7. The van der Waals surface area contributed by atoms with E-state index in [-0.39, 0.29) is 6.10 Å². The Bertz CT molecular complexity index is 396. The molecule has 3 rings (SSSR count). The second-order valence-corrected chi connectivity index (χ2v) is 5.38. The fourth-order valence-electron chi connectivity index (χ4n) is 2.73. The van der Waals surface area contributed by atoms with E-state index in [0.29, 0.717) is 0 Å². The molecule has 0 amide bonds. The molecule has 1 atom stereocenters. The van der Waals surface area contributed by atoms with Gasteiger partial charge in [-0.05, 0) is 61.3 Å². The fraction of sp³-hybridized carbons (Fsp3) is 0.600. The minimum absolute atomic E-state index is 0.264. The summed E-state index contributed by atoms with van der Waals surface area (Å²) in [7, 11) is 0. The summed E-state index contributed by atoms with van der Waals surface area (Å²) in [5.74, 6) is 1.75. The maximum absolute atomic E-state index is 9.88. The first-order chi connectivity index (χ1) is 8.33. The normalized spacial score (nSPS) is 23.9. The first kappa shape index (κ1) is 11.1. The average molecular weight is 232 g/mol. The number of ether oxygens (including phenoxy) is 1. The van der Waals surface area contributed by atoms with E-state index >= 15 is 0 Å². The molecule has 0 aromatic heterocycles. The number of aliphatic hydroxyl groups is 1. The Morgan fingerprint density at radius 1 is 1.18 bits per heavy atom. The monoisotopic (exact) mass is 232 g/mol. The first-order valence-electron chi connectivity index (χ1n) is 6.76. The van der Waals surface area contributed by atoms with Crippen LogP contribution in [0.1, 0.15) is 49.3 Å². The molecule has 17 heavy (non-hydrogen) atoms. The number of benzene rings is 1. The largest absolute Gasteiger partial charge is 0.493 e. The molecule has 1 saturated carbocycles. The zero-order valence-corrected chi connectivity index (χ0v) is 10.2. The van der Waals surface area contributed by atoms with Crippen molar-refractivity contribution >= 4 is 0 Å². The third kappa shape index (κ3) is 2.32. The van der Waals surface area contributed by atoms with E-state index < -0.39 is 0 Å². The fourth-order valence-corrected chi connectivity index (χ4v) is 2.73.